The van der Waals surface area contributed by atoms with E-state index in [9.17, 15) is 4.79 Å². The van der Waals surface area contributed by atoms with Gasteiger partial charge in [0.05, 0.1) is 10.7 Å². The molecule has 0 atom stereocenters. The van der Waals surface area contributed by atoms with Crippen LogP contribution in [-0.2, 0) is 0 Å². The monoisotopic (exact) mass is 478 g/mol. The predicted octanol–water partition coefficient (Wildman–Crippen LogP) is 5.72. The van der Waals surface area contributed by atoms with Crippen LogP contribution in [0.1, 0.15) is 16.1 Å². The highest BCUT2D eigenvalue weighted by Crippen LogP contribution is 2.35. The molecule has 0 aliphatic rings. The van der Waals surface area contributed by atoms with Crippen molar-refractivity contribution < 1.29 is 9.21 Å². The first-order chi connectivity index (χ1) is 12.1. The van der Waals surface area contributed by atoms with Crippen LogP contribution < -0.4 is 5.43 Å². The zero-order valence-corrected chi connectivity index (χ0v) is 16.8. The Bertz CT molecular complexity index is 910. The summed E-state index contributed by atoms with van der Waals surface area (Å²) in [6, 6.07) is 18.8. The summed E-state index contributed by atoms with van der Waals surface area (Å²) in [4.78, 5) is 13.1. The summed E-state index contributed by atoms with van der Waals surface area (Å²) in [7, 11) is 0. The molecule has 1 heterocycles. The summed E-state index contributed by atoms with van der Waals surface area (Å²) in [5.41, 5.74) is 3.00. The van der Waals surface area contributed by atoms with Crippen molar-refractivity contribution in [1.82, 2.24) is 5.43 Å². The quantitative estimate of drug-likeness (QED) is 0.376. The van der Waals surface area contributed by atoms with Crippen LogP contribution in [0.5, 0.6) is 0 Å². The molecule has 0 saturated heterocycles. The maximum atomic E-state index is 12.0. The van der Waals surface area contributed by atoms with Gasteiger partial charge in [0.2, 0.25) is 0 Å². The Balaban J connectivity index is 1.64. The van der Waals surface area contributed by atoms with E-state index >= 15 is 0 Å². The number of nitrogens with zero attached hydrogens (tertiary/aromatic N) is 1. The number of rotatable bonds is 5. The van der Waals surface area contributed by atoms with Gasteiger partial charge in [-0.15, -0.1) is 0 Å². The molecule has 0 unspecified atom stereocenters. The van der Waals surface area contributed by atoms with Crippen LogP contribution in [0.3, 0.4) is 0 Å². The fourth-order valence-electron chi connectivity index (χ4n) is 1.95. The van der Waals surface area contributed by atoms with Gasteiger partial charge in [-0.2, -0.15) is 5.10 Å². The molecule has 1 aromatic heterocycles. The second-order valence-corrected chi connectivity index (χ2v) is 7.73. The molecule has 25 heavy (non-hydrogen) atoms. The molecule has 3 aromatic rings. The number of furan rings is 1. The summed E-state index contributed by atoms with van der Waals surface area (Å²) in [5, 5.41) is 4.67. The zero-order valence-electron chi connectivity index (χ0n) is 12.8. The molecule has 0 aliphatic carbocycles. The van der Waals surface area contributed by atoms with Gasteiger partial charge in [0, 0.05) is 21.0 Å². The fourth-order valence-corrected chi connectivity index (χ4v) is 3.70. The Hall–Kier alpha value is -1.83. The van der Waals surface area contributed by atoms with Crippen LogP contribution in [0.4, 0.5) is 0 Å². The van der Waals surface area contributed by atoms with Gasteiger partial charge in [-0.1, -0.05) is 52.0 Å². The van der Waals surface area contributed by atoms with Gasteiger partial charge >= 0.3 is 0 Å². The van der Waals surface area contributed by atoms with Crippen LogP contribution >= 0.6 is 43.6 Å². The van der Waals surface area contributed by atoms with Crippen molar-refractivity contribution in [2.24, 2.45) is 5.10 Å². The molecular formula is C18H12Br2N2O2S. The molecule has 0 spiro atoms. The Morgan fingerprint density at radius 1 is 1.08 bits per heavy atom. The van der Waals surface area contributed by atoms with Crippen molar-refractivity contribution in [3.8, 4) is 0 Å². The Morgan fingerprint density at radius 2 is 1.88 bits per heavy atom. The molecule has 3 rings (SSSR count). The highest BCUT2D eigenvalue weighted by molar-refractivity contribution is 9.10. The van der Waals surface area contributed by atoms with Crippen molar-refractivity contribution in [2.45, 2.75) is 9.99 Å². The molecule has 0 saturated carbocycles. The molecule has 7 heteroatoms. The molecule has 0 aliphatic heterocycles. The van der Waals surface area contributed by atoms with E-state index in [2.05, 4.69) is 42.4 Å². The van der Waals surface area contributed by atoms with E-state index in [0.717, 1.165) is 18.9 Å². The fraction of sp³-hybridized carbons (Fsp3) is 0. The molecule has 2 aromatic carbocycles. The van der Waals surface area contributed by atoms with Crippen LogP contribution in [0.15, 0.2) is 89.1 Å². The van der Waals surface area contributed by atoms with Crippen LogP contribution in [0.2, 0.25) is 0 Å². The standard InChI is InChI=1S/C18H12Br2N2O2S/c19-13-6-4-5-12(9-13)17(23)22-21-11-14-10-16(20)18(24-14)25-15-7-2-1-3-8-15/h1-11H,(H,22,23)/b21-11-. The normalized spacial score (nSPS) is 11.0. The third-order valence-corrected chi connectivity index (χ3v) is 5.41. The maximum Gasteiger partial charge on any atom is 0.271 e. The lowest BCUT2D eigenvalue weighted by Gasteiger charge is -1.99. The molecule has 4 nitrogen and oxygen atoms in total. The zero-order chi connectivity index (χ0) is 17.6. The summed E-state index contributed by atoms with van der Waals surface area (Å²) >= 11 is 8.31. The van der Waals surface area contributed by atoms with E-state index in [-0.39, 0.29) is 5.91 Å². The highest BCUT2D eigenvalue weighted by Gasteiger charge is 2.10. The maximum absolute atomic E-state index is 12.0. The van der Waals surface area contributed by atoms with Gasteiger partial charge in [-0.3, -0.25) is 4.79 Å². The molecule has 0 radical (unpaired) electrons. The number of carbonyl (C=O) groups excluding carboxylic acids is 1. The number of hydrogen-bond acceptors (Lipinski definition) is 4. The second-order valence-electron chi connectivity index (χ2n) is 4.91. The first kappa shape index (κ1) is 18.0. The van der Waals surface area contributed by atoms with Crippen molar-refractivity contribution in [1.29, 1.82) is 0 Å². The van der Waals surface area contributed by atoms with Crippen LogP contribution in [0, 0.1) is 0 Å². The number of hydrazone groups is 1. The third-order valence-electron chi connectivity index (χ3n) is 3.07. The summed E-state index contributed by atoms with van der Waals surface area (Å²) < 4.78 is 7.40. The topological polar surface area (TPSA) is 54.6 Å². The lowest BCUT2D eigenvalue weighted by molar-refractivity contribution is 0.0955. The number of hydrogen-bond donors (Lipinski definition) is 1. The first-order valence-corrected chi connectivity index (χ1v) is 9.63. The largest absolute Gasteiger partial charge is 0.447 e. The molecule has 126 valence electrons. The smallest absolute Gasteiger partial charge is 0.271 e. The summed E-state index contributed by atoms with van der Waals surface area (Å²) in [5.74, 6) is 0.252. The van der Waals surface area contributed by atoms with E-state index in [0.29, 0.717) is 11.3 Å². The lowest BCUT2D eigenvalue weighted by Crippen LogP contribution is -2.17. The van der Waals surface area contributed by atoms with Gasteiger partial charge in [0.25, 0.3) is 5.91 Å². The van der Waals surface area contributed by atoms with Gasteiger partial charge in [0.15, 0.2) is 5.09 Å². The SMILES string of the molecule is O=C(N/N=C\c1cc(Br)c(Sc2ccccc2)o1)c1cccc(Br)c1. The number of carbonyl (C=O) groups is 1. The average molecular weight is 480 g/mol. The predicted molar refractivity (Wildman–Crippen MR) is 106 cm³/mol. The van der Waals surface area contributed by atoms with Crippen molar-refractivity contribution >= 4 is 55.7 Å². The van der Waals surface area contributed by atoms with E-state index in [1.54, 1.807) is 24.3 Å². The number of amides is 1. The first-order valence-electron chi connectivity index (χ1n) is 7.23. The average Bonchev–Trinajstić information content (AvgIpc) is 2.95. The van der Waals surface area contributed by atoms with Crippen LogP contribution in [0.25, 0.3) is 0 Å². The van der Waals surface area contributed by atoms with Crippen molar-refractivity contribution in [3.05, 3.63) is 80.9 Å². The molecule has 0 bridgehead atoms. The number of nitrogens with one attached hydrogen (secondary N) is 1. The molecule has 0 fully saturated rings. The third kappa shape index (κ3) is 5.07. The van der Waals surface area contributed by atoms with E-state index < -0.39 is 0 Å². The minimum Gasteiger partial charge on any atom is -0.447 e. The van der Waals surface area contributed by atoms with Gasteiger partial charge in [0.1, 0.15) is 5.76 Å². The van der Waals surface area contributed by atoms with Crippen LogP contribution in [-0.4, -0.2) is 12.1 Å². The van der Waals surface area contributed by atoms with Gasteiger partial charge in [-0.05, 0) is 46.3 Å². The highest BCUT2D eigenvalue weighted by atomic mass is 79.9. The number of halogens is 2. The van der Waals surface area contributed by atoms with E-state index in [1.807, 2.05) is 36.4 Å². The van der Waals surface area contributed by atoms with Crippen molar-refractivity contribution in [2.75, 3.05) is 0 Å². The second kappa shape index (κ2) is 8.51. The van der Waals surface area contributed by atoms with Crippen molar-refractivity contribution in [3.63, 3.8) is 0 Å². The van der Waals surface area contributed by atoms with Gasteiger partial charge < -0.3 is 4.42 Å². The van der Waals surface area contributed by atoms with E-state index in [4.69, 9.17) is 4.42 Å². The lowest BCUT2D eigenvalue weighted by atomic mass is 10.2. The summed E-state index contributed by atoms with van der Waals surface area (Å²) in [6.45, 7) is 0. The van der Waals surface area contributed by atoms with Gasteiger partial charge in [-0.25, -0.2) is 5.43 Å². The summed E-state index contributed by atoms with van der Waals surface area (Å²) in [6.07, 6.45) is 1.47. The van der Waals surface area contributed by atoms with E-state index in [1.165, 1.54) is 18.0 Å². The minimum atomic E-state index is -0.290. The molecular weight excluding hydrogens is 468 g/mol. The Kier molecular flexibility index (Phi) is 6.12. The molecule has 1 N–H and O–H groups in total. The molecule has 1 amide bonds. The number of benzene rings is 2. The Labute approximate surface area is 166 Å². The Morgan fingerprint density at radius 3 is 2.64 bits per heavy atom. The minimum absolute atomic E-state index is 0.290.